The molecule has 0 saturated carbocycles. The molecule has 28 heavy (non-hydrogen) atoms. The fraction of sp³-hybridized carbons (Fsp3) is 0.222. The van der Waals surface area contributed by atoms with Gasteiger partial charge < -0.3 is 11.1 Å². The number of pyridine rings is 2. The smallest absolute Gasteiger partial charge is 0.274 e. The summed E-state index contributed by atoms with van der Waals surface area (Å²) >= 11 is 1.35. The molecule has 0 aromatic carbocycles. The summed E-state index contributed by atoms with van der Waals surface area (Å²) in [5, 5.41) is 2.93. The molecule has 146 valence electrons. The summed E-state index contributed by atoms with van der Waals surface area (Å²) in [5.74, 6) is 0.0757. The highest BCUT2D eigenvalue weighted by atomic mass is 32.2. The summed E-state index contributed by atoms with van der Waals surface area (Å²) in [6.07, 6.45) is 1.84. The van der Waals surface area contributed by atoms with Crippen LogP contribution in [-0.4, -0.2) is 33.5 Å². The Morgan fingerprint density at radius 1 is 1.32 bits per heavy atom. The van der Waals surface area contributed by atoms with Gasteiger partial charge in [0, 0.05) is 29.9 Å². The van der Waals surface area contributed by atoms with Gasteiger partial charge >= 0.3 is 0 Å². The molecule has 0 fully saturated rings. The number of aliphatic imine (C=N–C) groups is 1. The van der Waals surface area contributed by atoms with E-state index in [0.717, 1.165) is 0 Å². The molecule has 2 aromatic heterocycles. The maximum atomic E-state index is 13.8. The number of amidine groups is 1. The maximum absolute atomic E-state index is 13.8. The van der Waals surface area contributed by atoms with E-state index < -0.39 is 24.2 Å². The summed E-state index contributed by atoms with van der Waals surface area (Å²) in [4.78, 5) is 24.7. The minimum absolute atomic E-state index is 0.0475. The van der Waals surface area contributed by atoms with Gasteiger partial charge in [-0.25, -0.2) is 9.38 Å². The molecular formula is C18H16F3N5OS. The number of halogens is 3. The van der Waals surface area contributed by atoms with Gasteiger partial charge in [-0.15, -0.1) is 0 Å². The summed E-state index contributed by atoms with van der Waals surface area (Å²) in [6, 6.07) is 5.78. The number of hydrogen-bond acceptors (Lipinski definition) is 6. The Morgan fingerprint density at radius 2 is 2.14 bits per heavy atom. The molecule has 1 amide bonds. The van der Waals surface area contributed by atoms with Crippen molar-refractivity contribution in [3.05, 3.63) is 59.7 Å². The number of anilines is 1. The Morgan fingerprint density at radius 3 is 2.79 bits per heavy atom. The maximum Gasteiger partial charge on any atom is 0.274 e. The van der Waals surface area contributed by atoms with Gasteiger partial charge in [-0.05, 0) is 30.2 Å². The van der Waals surface area contributed by atoms with Crippen molar-refractivity contribution in [3.63, 3.8) is 0 Å². The fourth-order valence-electron chi connectivity index (χ4n) is 2.68. The highest BCUT2D eigenvalue weighted by Crippen LogP contribution is 2.35. The van der Waals surface area contributed by atoms with Crippen molar-refractivity contribution in [1.29, 1.82) is 0 Å². The molecule has 3 heterocycles. The van der Waals surface area contributed by atoms with Gasteiger partial charge in [-0.1, -0.05) is 17.8 Å². The molecule has 0 bridgehead atoms. The van der Waals surface area contributed by atoms with Crippen LogP contribution < -0.4 is 11.1 Å². The van der Waals surface area contributed by atoms with E-state index in [4.69, 9.17) is 5.73 Å². The lowest BCUT2D eigenvalue weighted by atomic mass is 9.93. The molecule has 1 aliphatic heterocycles. The Labute approximate surface area is 163 Å². The van der Waals surface area contributed by atoms with Gasteiger partial charge in [0.15, 0.2) is 5.17 Å². The molecule has 0 aliphatic carbocycles. The van der Waals surface area contributed by atoms with Crippen LogP contribution in [0.3, 0.4) is 0 Å². The molecule has 0 radical (unpaired) electrons. The van der Waals surface area contributed by atoms with Gasteiger partial charge in [0.2, 0.25) is 0 Å². The Hall–Kier alpha value is -2.88. The molecule has 2 aromatic rings. The van der Waals surface area contributed by atoms with Crippen LogP contribution in [0.2, 0.25) is 0 Å². The van der Waals surface area contributed by atoms with Crippen molar-refractivity contribution >= 4 is 34.6 Å². The Kier molecular flexibility index (Phi) is 5.98. The van der Waals surface area contributed by atoms with E-state index in [2.05, 4.69) is 20.3 Å². The van der Waals surface area contributed by atoms with E-state index in [0.29, 0.717) is 34.8 Å². The minimum Gasteiger partial charge on any atom is -0.379 e. The first-order valence-corrected chi connectivity index (χ1v) is 9.21. The lowest BCUT2D eigenvalue weighted by molar-refractivity contribution is 0.102. The number of nitrogens with zero attached hydrogens (tertiary/aromatic N) is 3. The fourth-order valence-corrected chi connectivity index (χ4v) is 3.57. The third-order valence-corrected chi connectivity index (χ3v) is 4.90. The summed E-state index contributed by atoms with van der Waals surface area (Å²) in [7, 11) is 0. The van der Waals surface area contributed by atoms with Crippen molar-refractivity contribution in [2.75, 3.05) is 17.7 Å². The number of carbonyl (C=O) groups is 1. The zero-order valence-corrected chi connectivity index (χ0v) is 15.3. The van der Waals surface area contributed by atoms with Crippen LogP contribution in [0.25, 0.3) is 6.08 Å². The van der Waals surface area contributed by atoms with Crippen molar-refractivity contribution in [1.82, 2.24) is 9.97 Å². The quantitative estimate of drug-likeness (QED) is 0.790. The van der Waals surface area contributed by atoms with E-state index in [1.165, 1.54) is 36.3 Å². The molecule has 6 nitrogen and oxygen atoms in total. The monoisotopic (exact) mass is 407 g/mol. The van der Waals surface area contributed by atoms with Crippen LogP contribution >= 0.6 is 11.8 Å². The van der Waals surface area contributed by atoms with Crippen LogP contribution in [0.4, 0.5) is 18.9 Å². The number of hydrogen-bond donors (Lipinski definition) is 2. The molecule has 1 atom stereocenters. The van der Waals surface area contributed by atoms with E-state index in [-0.39, 0.29) is 11.3 Å². The van der Waals surface area contributed by atoms with Crippen molar-refractivity contribution in [3.8, 4) is 0 Å². The predicted octanol–water partition coefficient (Wildman–Crippen LogP) is 3.58. The van der Waals surface area contributed by atoms with Gasteiger partial charge in [0.1, 0.15) is 17.9 Å². The second-order valence-electron chi connectivity index (χ2n) is 6.01. The highest BCUT2D eigenvalue weighted by molar-refractivity contribution is 8.13. The number of alkyl halides is 1. The molecule has 3 N–H and O–H groups in total. The van der Waals surface area contributed by atoms with Crippen LogP contribution in [0.5, 0.6) is 0 Å². The molecule has 0 spiro atoms. The third-order valence-electron chi connectivity index (χ3n) is 4.10. The summed E-state index contributed by atoms with van der Waals surface area (Å²) in [5.41, 5.74) is 5.56. The minimum atomic E-state index is -1.85. The lowest BCUT2D eigenvalue weighted by Gasteiger charge is -2.30. The normalized spacial score (nSPS) is 18.9. The zero-order chi connectivity index (χ0) is 20.1. The summed E-state index contributed by atoms with van der Waals surface area (Å²) < 4.78 is 38.3. The molecule has 0 saturated heterocycles. The number of nitrogens with one attached hydrogen (secondary N) is 1. The highest BCUT2D eigenvalue weighted by Gasteiger charge is 2.36. The number of amides is 1. The van der Waals surface area contributed by atoms with Gasteiger partial charge in [-0.2, -0.15) is 8.78 Å². The van der Waals surface area contributed by atoms with Crippen molar-refractivity contribution in [2.24, 2.45) is 10.7 Å². The molecule has 10 heteroatoms. The molecule has 0 unspecified atom stereocenters. The van der Waals surface area contributed by atoms with Gasteiger partial charge in [-0.3, -0.25) is 14.8 Å². The average Bonchev–Trinajstić information content (AvgIpc) is 2.68. The number of nitrogens with two attached hydrogens (primary N) is 1. The lowest BCUT2D eigenvalue weighted by Crippen LogP contribution is -2.34. The molecular weight excluding hydrogens is 391 g/mol. The first-order valence-electron chi connectivity index (χ1n) is 8.22. The number of aromatic nitrogens is 2. The standard InChI is InChI=1S/C18H16F3N5OS/c19-10-18(4-6-28-17(22)26-18)14-8-12(3-5-23-14)25-16(27)13-2-1-11(9-24-13)7-15(20)21/h1-3,5,7-9H,4,6,10H2,(H2,22,26)(H,23,25,27)/t18-/m1/s1. The van der Waals surface area contributed by atoms with Crippen molar-refractivity contribution < 1.29 is 18.0 Å². The zero-order valence-electron chi connectivity index (χ0n) is 14.5. The van der Waals surface area contributed by atoms with Crippen LogP contribution in [0.1, 0.15) is 28.2 Å². The first-order chi connectivity index (χ1) is 13.4. The summed E-state index contributed by atoms with van der Waals surface area (Å²) in [6.45, 7) is -0.764. The average molecular weight is 407 g/mol. The largest absolute Gasteiger partial charge is 0.379 e. The van der Waals surface area contributed by atoms with Crippen LogP contribution in [0, 0.1) is 0 Å². The molecule has 3 rings (SSSR count). The van der Waals surface area contributed by atoms with Crippen LogP contribution in [-0.2, 0) is 5.54 Å². The van der Waals surface area contributed by atoms with E-state index in [1.54, 1.807) is 12.1 Å². The third kappa shape index (κ3) is 4.50. The van der Waals surface area contributed by atoms with Crippen molar-refractivity contribution in [2.45, 2.75) is 12.0 Å². The second kappa shape index (κ2) is 8.42. The van der Waals surface area contributed by atoms with E-state index >= 15 is 0 Å². The van der Waals surface area contributed by atoms with E-state index in [1.807, 2.05) is 0 Å². The second-order valence-corrected chi connectivity index (χ2v) is 7.12. The van der Waals surface area contributed by atoms with Gasteiger partial charge in [0.05, 0.1) is 5.69 Å². The van der Waals surface area contributed by atoms with Crippen LogP contribution in [0.15, 0.2) is 47.7 Å². The Bertz CT molecular complexity index is 931. The first kappa shape index (κ1) is 19.9. The van der Waals surface area contributed by atoms with E-state index in [9.17, 15) is 18.0 Å². The topological polar surface area (TPSA) is 93.3 Å². The number of rotatable bonds is 5. The SMILES string of the molecule is NC1=N[C@](CF)(c2cc(NC(=O)c3ccc(C=C(F)F)cn3)ccn2)CCS1. The Balaban J connectivity index is 1.80. The molecule has 1 aliphatic rings. The van der Waals surface area contributed by atoms with Gasteiger partial charge in [0.25, 0.3) is 12.0 Å². The number of thioether (sulfide) groups is 1. The number of carbonyl (C=O) groups excluding carboxylic acids is 1. The predicted molar refractivity (Wildman–Crippen MR) is 103 cm³/mol.